The summed E-state index contributed by atoms with van der Waals surface area (Å²) in [5, 5.41) is 13.0. The number of nitrogens with zero attached hydrogens (tertiary/aromatic N) is 3. The molecule has 1 N–H and O–H groups in total. The number of thiophene rings is 1. The van der Waals surface area contributed by atoms with Crippen molar-refractivity contribution in [3.05, 3.63) is 76.5 Å². The van der Waals surface area contributed by atoms with Gasteiger partial charge in [-0.05, 0) is 36.4 Å². The molecule has 166 valence electrons. The van der Waals surface area contributed by atoms with E-state index in [4.69, 9.17) is 4.74 Å². The number of likely N-dealkylation sites (tertiary alicyclic amines) is 1. The lowest BCUT2D eigenvalue weighted by molar-refractivity contribution is -0.139. The third-order valence-electron chi connectivity index (χ3n) is 5.31. The van der Waals surface area contributed by atoms with Crippen LogP contribution in [0.4, 0.5) is 0 Å². The Kier molecular flexibility index (Phi) is 6.70. The van der Waals surface area contributed by atoms with E-state index in [2.05, 4.69) is 4.98 Å². The molecule has 3 aromatic rings. The quantitative estimate of drug-likeness (QED) is 0.299. The van der Waals surface area contributed by atoms with Crippen molar-refractivity contribution in [2.75, 3.05) is 13.2 Å². The Morgan fingerprint density at radius 2 is 2.09 bits per heavy atom. The van der Waals surface area contributed by atoms with Gasteiger partial charge >= 0.3 is 0 Å². The second-order valence-electron chi connectivity index (χ2n) is 7.54. The van der Waals surface area contributed by atoms with Gasteiger partial charge in [-0.2, -0.15) is 0 Å². The van der Waals surface area contributed by atoms with Crippen LogP contribution < -0.4 is 4.74 Å². The summed E-state index contributed by atoms with van der Waals surface area (Å²) in [5.41, 5.74) is 0.573. The molecule has 1 aliphatic heterocycles. The van der Waals surface area contributed by atoms with Crippen LogP contribution >= 0.6 is 11.3 Å². The highest BCUT2D eigenvalue weighted by molar-refractivity contribution is 7.10. The van der Waals surface area contributed by atoms with E-state index in [1.54, 1.807) is 41.7 Å². The summed E-state index contributed by atoms with van der Waals surface area (Å²) in [6.45, 7) is 3.64. The summed E-state index contributed by atoms with van der Waals surface area (Å²) in [5.74, 6) is -0.823. The first kappa shape index (κ1) is 21.8. The van der Waals surface area contributed by atoms with Crippen molar-refractivity contribution in [1.82, 2.24) is 14.5 Å². The molecule has 0 aliphatic carbocycles. The molecule has 1 aliphatic rings. The number of ketones is 1. The zero-order valence-electron chi connectivity index (χ0n) is 17.8. The average molecular weight is 452 g/mol. The van der Waals surface area contributed by atoms with Gasteiger partial charge in [-0.1, -0.05) is 25.1 Å². The number of aliphatic hydroxyl groups excluding tert-OH is 1. The van der Waals surface area contributed by atoms with Crippen molar-refractivity contribution in [3.8, 4) is 5.75 Å². The highest BCUT2D eigenvalue weighted by Crippen LogP contribution is 2.41. The van der Waals surface area contributed by atoms with E-state index in [0.29, 0.717) is 37.4 Å². The molecule has 1 saturated heterocycles. The van der Waals surface area contributed by atoms with Gasteiger partial charge in [0.1, 0.15) is 11.5 Å². The fraction of sp³-hybridized carbons (Fsp3) is 0.292. The molecule has 8 heteroatoms. The molecule has 1 aromatic carbocycles. The van der Waals surface area contributed by atoms with E-state index in [1.165, 1.54) is 11.3 Å². The van der Waals surface area contributed by atoms with Gasteiger partial charge in [-0.25, -0.2) is 4.98 Å². The fourth-order valence-corrected chi connectivity index (χ4v) is 4.65. The summed E-state index contributed by atoms with van der Waals surface area (Å²) in [4.78, 5) is 32.4. The maximum atomic E-state index is 13.0. The first-order valence-corrected chi connectivity index (χ1v) is 11.5. The van der Waals surface area contributed by atoms with Gasteiger partial charge in [0, 0.05) is 35.9 Å². The molecule has 1 atom stereocenters. The Morgan fingerprint density at radius 1 is 1.22 bits per heavy atom. The second kappa shape index (κ2) is 9.82. The Bertz CT molecular complexity index is 1110. The standard InChI is InChI=1S/C24H25N3O4S/c1-2-13-31-18-7-3-6-17(15-18)22(28)20-21(19-8-4-14-32-19)27(24(30)23(20)29)11-5-10-26-12-9-25-16-26/h3-4,6-9,12,14-16,21,28H,2,5,10-11,13H2,1H3/b22-20+. The van der Waals surface area contributed by atoms with Crippen molar-refractivity contribution in [2.45, 2.75) is 32.4 Å². The normalized spacial score (nSPS) is 17.8. The van der Waals surface area contributed by atoms with E-state index in [9.17, 15) is 14.7 Å². The van der Waals surface area contributed by atoms with Gasteiger partial charge < -0.3 is 19.3 Å². The lowest BCUT2D eigenvalue weighted by Gasteiger charge is -2.24. The molecule has 2 aromatic heterocycles. The molecular formula is C24H25N3O4S. The minimum atomic E-state index is -0.664. The predicted molar refractivity (Wildman–Crippen MR) is 122 cm³/mol. The van der Waals surface area contributed by atoms with Crippen molar-refractivity contribution >= 4 is 28.8 Å². The summed E-state index contributed by atoms with van der Waals surface area (Å²) in [7, 11) is 0. The van der Waals surface area contributed by atoms with Gasteiger partial charge in [-0.3, -0.25) is 9.59 Å². The predicted octanol–water partition coefficient (Wildman–Crippen LogP) is 4.25. The number of carbonyl (C=O) groups is 2. The van der Waals surface area contributed by atoms with Crippen LogP contribution in [0.15, 0.2) is 66.1 Å². The number of Topliss-reactive ketones (excluding diaryl/α,β-unsaturated/α-hetero) is 1. The van der Waals surface area contributed by atoms with Crippen molar-refractivity contribution in [2.24, 2.45) is 0 Å². The molecule has 1 fully saturated rings. The largest absolute Gasteiger partial charge is 0.507 e. The molecule has 0 spiro atoms. The molecule has 1 amide bonds. The number of carbonyl (C=O) groups excluding carboxylic acids is 2. The topological polar surface area (TPSA) is 84.7 Å². The zero-order chi connectivity index (χ0) is 22.5. The van der Waals surface area contributed by atoms with Gasteiger partial charge in [0.2, 0.25) is 0 Å². The summed E-state index contributed by atoms with van der Waals surface area (Å²) in [6, 6.07) is 10.1. The van der Waals surface area contributed by atoms with Gasteiger partial charge in [0.05, 0.1) is 24.5 Å². The lowest BCUT2D eigenvalue weighted by atomic mass is 9.99. The number of benzene rings is 1. The number of aryl methyl sites for hydroxylation is 1. The fourth-order valence-electron chi connectivity index (χ4n) is 3.80. The molecule has 0 bridgehead atoms. The molecule has 0 radical (unpaired) electrons. The number of hydrogen-bond acceptors (Lipinski definition) is 6. The van der Waals surface area contributed by atoms with Crippen LogP contribution in [0.25, 0.3) is 5.76 Å². The Balaban J connectivity index is 1.66. The number of aliphatic hydroxyl groups is 1. The van der Waals surface area contributed by atoms with Gasteiger partial charge in [0.25, 0.3) is 11.7 Å². The molecule has 7 nitrogen and oxygen atoms in total. The number of imidazole rings is 1. The van der Waals surface area contributed by atoms with E-state index >= 15 is 0 Å². The van der Waals surface area contributed by atoms with E-state index in [0.717, 1.165) is 11.3 Å². The third kappa shape index (κ3) is 4.45. The zero-order valence-corrected chi connectivity index (χ0v) is 18.6. The third-order valence-corrected chi connectivity index (χ3v) is 6.23. The van der Waals surface area contributed by atoms with Crippen LogP contribution in [-0.2, 0) is 16.1 Å². The molecular weight excluding hydrogens is 426 g/mol. The monoisotopic (exact) mass is 451 g/mol. The lowest BCUT2D eigenvalue weighted by Crippen LogP contribution is -2.31. The maximum Gasteiger partial charge on any atom is 0.295 e. The molecule has 0 saturated carbocycles. The number of ether oxygens (including phenoxy) is 1. The number of aromatic nitrogens is 2. The van der Waals surface area contributed by atoms with E-state index < -0.39 is 17.7 Å². The van der Waals surface area contributed by atoms with Gasteiger partial charge in [-0.15, -0.1) is 11.3 Å². The number of amides is 1. The summed E-state index contributed by atoms with van der Waals surface area (Å²) in [6.07, 6.45) is 6.80. The summed E-state index contributed by atoms with van der Waals surface area (Å²) >= 11 is 1.46. The Hall–Kier alpha value is -3.39. The first-order valence-electron chi connectivity index (χ1n) is 10.6. The van der Waals surface area contributed by atoms with Crippen molar-refractivity contribution < 1.29 is 19.4 Å². The number of rotatable bonds is 9. The Morgan fingerprint density at radius 3 is 2.81 bits per heavy atom. The smallest absolute Gasteiger partial charge is 0.295 e. The van der Waals surface area contributed by atoms with E-state index in [1.807, 2.05) is 35.2 Å². The molecule has 1 unspecified atom stereocenters. The molecule has 3 heterocycles. The highest BCUT2D eigenvalue weighted by atomic mass is 32.1. The van der Waals surface area contributed by atoms with Crippen LogP contribution in [0.3, 0.4) is 0 Å². The van der Waals surface area contributed by atoms with Gasteiger partial charge in [0.15, 0.2) is 0 Å². The SMILES string of the molecule is CCCOc1cccc(/C(O)=C2\C(=O)C(=O)N(CCCn3ccnc3)C2c2cccs2)c1. The van der Waals surface area contributed by atoms with Crippen LogP contribution in [-0.4, -0.2) is 44.4 Å². The minimum Gasteiger partial charge on any atom is -0.507 e. The summed E-state index contributed by atoms with van der Waals surface area (Å²) < 4.78 is 7.59. The van der Waals surface area contributed by atoms with E-state index in [-0.39, 0.29) is 11.3 Å². The second-order valence-corrected chi connectivity index (χ2v) is 8.52. The highest BCUT2D eigenvalue weighted by Gasteiger charge is 2.46. The van der Waals surface area contributed by atoms with Crippen LogP contribution in [0, 0.1) is 0 Å². The maximum absolute atomic E-state index is 13.0. The van der Waals surface area contributed by atoms with Crippen molar-refractivity contribution in [1.29, 1.82) is 0 Å². The Labute approximate surface area is 190 Å². The van der Waals surface area contributed by atoms with Crippen LogP contribution in [0.2, 0.25) is 0 Å². The van der Waals surface area contributed by atoms with Crippen LogP contribution in [0.1, 0.15) is 36.2 Å². The minimum absolute atomic E-state index is 0.118. The first-order chi connectivity index (χ1) is 15.6. The number of hydrogen-bond donors (Lipinski definition) is 1. The molecule has 32 heavy (non-hydrogen) atoms. The van der Waals surface area contributed by atoms with Crippen LogP contribution in [0.5, 0.6) is 5.75 Å². The molecule has 4 rings (SSSR count). The average Bonchev–Trinajstić information content (AvgIpc) is 3.56. The van der Waals surface area contributed by atoms with Crippen molar-refractivity contribution in [3.63, 3.8) is 0 Å².